The Morgan fingerprint density at radius 3 is 2.03 bits per heavy atom. The first-order valence-electron chi connectivity index (χ1n) is 12.4. The van der Waals surface area contributed by atoms with E-state index in [1.165, 1.54) is 12.8 Å². The van der Waals surface area contributed by atoms with Gasteiger partial charge in [-0.1, -0.05) is 23.7 Å². The topological polar surface area (TPSA) is 73.7 Å². The van der Waals surface area contributed by atoms with Gasteiger partial charge in [-0.3, -0.25) is 4.68 Å². The SMILES string of the molecule is CC(C)(C)OC(=O)N(C[C@H]1C[C@H](n2cc(-c3ccc(Cl)cc3)c(C3CC3)n2)C1)C(=O)OC(C)(C)C. The fraction of sp³-hybridized carbons (Fsp3) is 0.593. The predicted octanol–water partition coefficient (Wildman–Crippen LogP) is 7.20. The first kappa shape index (κ1) is 25.5. The minimum Gasteiger partial charge on any atom is -0.443 e. The Kier molecular flexibility index (Phi) is 6.93. The molecule has 0 bridgehead atoms. The predicted molar refractivity (Wildman–Crippen MR) is 136 cm³/mol. The summed E-state index contributed by atoms with van der Waals surface area (Å²) in [5, 5.41) is 5.68. The molecule has 0 unspecified atom stereocenters. The quantitative estimate of drug-likeness (QED) is 0.433. The molecule has 7 nitrogen and oxygen atoms in total. The molecular weight excluding hydrogens is 466 g/mol. The van der Waals surface area contributed by atoms with Crippen molar-refractivity contribution in [2.45, 2.75) is 90.4 Å². The number of carbonyl (C=O) groups is 2. The number of aromatic nitrogens is 2. The Bertz CT molecular complexity index is 1040. The summed E-state index contributed by atoms with van der Waals surface area (Å²) in [5.74, 6) is 0.681. The number of nitrogens with zero attached hydrogens (tertiary/aromatic N) is 3. The Morgan fingerprint density at radius 2 is 1.54 bits per heavy atom. The lowest BCUT2D eigenvalue weighted by molar-refractivity contribution is -0.00641. The molecule has 8 heteroatoms. The van der Waals surface area contributed by atoms with Crippen molar-refractivity contribution in [2.24, 2.45) is 5.92 Å². The zero-order valence-corrected chi connectivity index (χ0v) is 22.3. The van der Waals surface area contributed by atoms with Crippen molar-refractivity contribution in [3.8, 4) is 11.1 Å². The molecule has 190 valence electrons. The van der Waals surface area contributed by atoms with Gasteiger partial charge in [0.25, 0.3) is 0 Å². The van der Waals surface area contributed by atoms with Crippen molar-refractivity contribution in [3.63, 3.8) is 0 Å². The first-order valence-corrected chi connectivity index (χ1v) is 12.8. The highest BCUT2D eigenvalue weighted by molar-refractivity contribution is 6.30. The minimum absolute atomic E-state index is 0.160. The lowest BCUT2D eigenvalue weighted by Crippen LogP contribution is -2.47. The number of halogens is 1. The molecule has 35 heavy (non-hydrogen) atoms. The number of imide groups is 1. The van der Waals surface area contributed by atoms with E-state index in [1.54, 1.807) is 41.5 Å². The summed E-state index contributed by atoms with van der Waals surface area (Å²) in [6, 6.07) is 8.13. The van der Waals surface area contributed by atoms with Gasteiger partial charge in [-0.05, 0) is 90.8 Å². The molecule has 1 heterocycles. The van der Waals surface area contributed by atoms with E-state index in [0.717, 1.165) is 39.6 Å². The monoisotopic (exact) mass is 501 g/mol. The number of benzene rings is 1. The maximum absolute atomic E-state index is 12.8. The molecule has 0 atom stereocenters. The third-order valence-electron chi connectivity index (χ3n) is 6.13. The Hall–Kier alpha value is -2.54. The molecule has 0 spiro atoms. The summed E-state index contributed by atoms with van der Waals surface area (Å²) in [6.45, 7) is 11.0. The molecule has 1 aromatic heterocycles. The average Bonchev–Trinajstić information content (AvgIpc) is 3.44. The van der Waals surface area contributed by atoms with Crippen LogP contribution in [0.3, 0.4) is 0 Å². The molecule has 2 aliphatic rings. The van der Waals surface area contributed by atoms with Gasteiger partial charge in [0.15, 0.2) is 0 Å². The van der Waals surface area contributed by atoms with Gasteiger partial charge in [-0.15, -0.1) is 0 Å². The molecule has 2 saturated carbocycles. The average molecular weight is 502 g/mol. The minimum atomic E-state index is -0.703. The molecule has 0 N–H and O–H groups in total. The van der Waals surface area contributed by atoms with Gasteiger partial charge >= 0.3 is 12.2 Å². The molecule has 2 fully saturated rings. The molecular formula is C27H36ClN3O4. The smallest absolute Gasteiger partial charge is 0.419 e. The Balaban J connectivity index is 1.45. The summed E-state index contributed by atoms with van der Waals surface area (Å²) in [6.07, 6.45) is 4.79. The van der Waals surface area contributed by atoms with E-state index in [-0.39, 0.29) is 18.5 Å². The fourth-order valence-corrected chi connectivity index (χ4v) is 4.41. The molecule has 0 radical (unpaired) electrons. The van der Waals surface area contributed by atoms with Crippen LogP contribution in [0.1, 0.15) is 84.9 Å². The van der Waals surface area contributed by atoms with Crippen LogP contribution in [0.15, 0.2) is 30.5 Å². The van der Waals surface area contributed by atoms with Crippen molar-refractivity contribution in [2.75, 3.05) is 6.54 Å². The van der Waals surface area contributed by atoms with Gasteiger partial charge < -0.3 is 9.47 Å². The molecule has 1 aromatic carbocycles. The number of hydrogen-bond acceptors (Lipinski definition) is 5. The van der Waals surface area contributed by atoms with Crippen molar-refractivity contribution >= 4 is 23.8 Å². The molecule has 2 aliphatic carbocycles. The normalized spacial score (nSPS) is 20.2. The van der Waals surface area contributed by atoms with Crippen molar-refractivity contribution < 1.29 is 19.1 Å². The van der Waals surface area contributed by atoms with Crippen LogP contribution < -0.4 is 0 Å². The van der Waals surface area contributed by atoms with E-state index < -0.39 is 23.4 Å². The van der Waals surface area contributed by atoms with Gasteiger partial charge in [-0.2, -0.15) is 5.10 Å². The number of hydrogen-bond donors (Lipinski definition) is 0. The molecule has 0 aliphatic heterocycles. The second-order valence-electron chi connectivity index (χ2n) is 11.8. The summed E-state index contributed by atoms with van der Waals surface area (Å²) in [7, 11) is 0. The van der Waals surface area contributed by atoms with Gasteiger partial charge in [0, 0.05) is 29.2 Å². The van der Waals surface area contributed by atoms with Crippen LogP contribution in [0.25, 0.3) is 11.1 Å². The zero-order valence-electron chi connectivity index (χ0n) is 21.5. The standard InChI is InChI=1S/C27H36ClN3O4/c1-26(2,3)34-24(32)30(25(33)35-27(4,5)6)15-17-13-21(14-17)31-16-22(23(29-31)19-7-8-19)18-9-11-20(28)12-10-18/h9-12,16-17,19,21H,7-8,13-15H2,1-6H3/t17-,21-. The zero-order chi connectivity index (χ0) is 25.5. The van der Waals surface area contributed by atoms with Gasteiger partial charge in [-0.25, -0.2) is 14.5 Å². The van der Waals surface area contributed by atoms with Crippen molar-refractivity contribution in [3.05, 3.63) is 41.2 Å². The van der Waals surface area contributed by atoms with E-state index in [4.69, 9.17) is 26.2 Å². The van der Waals surface area contributed by atoms with Crippen LogP contribution in [0.4, 0.5) is 9.59 Å². The maximum Gasteiger partial charge on any atom is 0.419 e. The number of rotatable bonds is 5. The second-order valence-corrected chi connectivity index (χ2v) is 12.2. The highest BCUT2D eigenvalue weighted by atomic mass is 35.5. The summed E-state index contributed by atoms with van der Waals surface area (Å²) in [5.41, 5.74) is 2.04. The van der Waals surface area contributed by atoms with Crippen LogP contribution in [0.5, 0.6) is 0 Å². The Morgan fingerprint density at radius 1 is 1.00 bits per heavy atom. The van der Waals surface area contributed by atoms with Crippen LogP contribution >= 0.6 is 11.6 Å². The van der Waals surface area contributed by atoms with Gasteiger partial charge in [0.05, 0.1) is 11.7 Å². The van der Waals surface area contributed by atoms with Crippen LogP contribution in [0.2, 0.25) is 5.02 Å². The van der Waals surface area contributed by atoms with E-state index >= 15 is 0 Å². The lowest BCUT2D eigenvalue weighted by atomic mass is 9.80. The molecule has 0 saturated heterocycles. The second kappa shape index (κ2) is 9.49. The number of amides is 2. The fourth-order valence-electron chi connectivity index (χ4n) is 4.28. The highest BCUT2D eigenvalue weighted by Gasteiger charge is 2.39. The van der Waals surface area contributed by atoms with E-state index in [2.05, 4.69) is 10.9 Å². The largest absolute Gasteiger partial charge is 0.443 e. The summed E-state index contributed by atoms with van der Waals surface area (Å²) in [4.78, 5) is 26.7. The van der Waals surface area contributed by atoms with E-state index in [0.29, 0.717) is 5.92 Å². The van der Waals surface area contributed by atoms with Gasteiger partial charge in [0.1, 0.15) is 11.2 Å². The highest BCUT2D eigenvalue weighted by Crippen LogP contribution is 2.46. The number of carbonyl (C=O) groups excluding carboxylic acids is 2. The van der Waals surface area contributed by atoms with Crippen molar-refractivity contribution in [1.29, 1.82) is 0 Å². The molecule has 2 amide bonds. The van der Waals surface area contributed by atoms with E-state index in [9.17, 15) is 9.59 Å². The lowest BCUT2D eigenvalue weighted by Gasteiger charge is -2.38. The van der Waals surface area contributed by atoms with E-state index in [1.807, 2.05) is 24.3 Å². The summed E-state index contributed by atoms with van der Waals surface area (Å²) < 4.78 is 13.0. The van der Waals surface area contributed by atoms with Crippen molar-refractivity contribution in [1.82, 2.24) is 14.7 Å². The molecule has 4 rings (SSSR count). The Labute approximate surface area is 212 Å². The van der Waals surface area contributed by atoms with Crippen LogP contribution in [-0.4, -0.2) is 44.6 Å². The first-order chi connectivity index (χ1) is 16.3. The summed E-state index contributed by atoms with van der Waals surface area (Å²) >= 11 is 6.08. The van der Waals surface area contributed by atoms with Gasteiger partial charge in [0.2, 0.25) is 0 Å². The molecule has 2 aromatic rings. The third-order valence-corrected chi connectivity index (χ3v) is 6.39. The maximum atomic E-state index is 12.8. The third kappa shape index (κ3) is 6.57. The number of ether oxygens (including phenoxy) is 2. The van der Waals surface area contributed by atoms with Crippen LogP contribution in [0, 0.1) is 5.92 Å². The van der Waals surface area contributed by atoms with Crippen LogP contribution in [-0.2, 0) is 9.47 Å².